The van der Waals surface area contributed by atoms with Gasteiger partial charge in [-0.1, -0.05) is 35.3 Å². The Labute approximate surface area is 188 Å². The molecule has 0 aromatic heterocycles. The van der Waals surface area contributed by atoms with Crippen LogP contribution in [0.2, 0.25) is 10.0 Å². The molecule has 0 unspecified atom stereocenters. The van der Waals surface area contributed by atoms with Gasteiger partial charge in [-0.15, -0.1) is 0 Å². The highest BCUT2D eigenvalue weighted by Gasteiger charge is 2.33. The van der Waals surface area contributed by atoms with Crippen molar-refractivity contribution in [2.75, 3.05) is 18.4 Å². The quantitative estimate of drug-likeness (QED) is 0.621. The van der Waals surface area contributed by atoms with Crippen molar-refractivity contribution in [2.45, 2.75) is 24.8 Å². The van der Waals surface area contributed by atoms with Crippen molar-refractivity contribution in [3.8, 4) is 0 Å². The van der Waals surface area contributed by atoms with Gasteiger partial charge in [0.25, 0.3) is 0 Å². The molecule has 0 spiro atoms. The number of amides is 1. The number of carbonyl (C=O) groups is 1. The van der Waals surface area contributed by atoms with Crippen LogP contribution in [-0.4, -0.2) is 31.7 Å². The molecule has 0 aliphatic carbocycles. The molecule has 0 saturated carbocycles. The van der Waals surface area contributed by atoms with Crippen LogP contribution in [0.25, 0.3) is 0 Å². The van der Waals surface area contributed by atoms with E-state index >= 15 is 0 Å². The van der Waals surface area contributed by atoms with Gasteiger partial charge < -0.3 is 5.32 Å². The van der Waals surface area contributed by atoms with E-state index in [2.05, 4.69) is 5.32 Å². The normalized spacial score (nSPS) is 16.3. The number of sulfonamides is 1. The largest absolute Gasteiger partial charge is 0.416 e. The third kappa shape index (κ3) is 6.12. The van der Waals surface area contributed by atoms with E-state index < -0.39 is 33.6 Å². The summed E-state index contributed by atoms with van der Waals surface area (Å²) in [4.78, 5) is 12.5. The van der Waals surface area contributed by atoms with Crippen molar-refractivity contribution in [1.29, 1.82) is 0 Å². The van der Waals surface area contributed by atoms with E-state index in [-0.39, 0.29) is 42.4 Å². The number of hydrogen-bond acceptors (Lipinski definition) is 3. The molecule has 5 nitrogen and oxygen atoms in total. The zero-order valence-electron chi connectivity index (χ0n) is 16.1. The average molecular weight is 495 g/mol. The standard InChI is InChI=1S/C20H19Cl2F3N2O3S/c21-16-5-4-14(18(22)11-16)12-31(29,30)27-8-6-13(7-9-27)19(28)26-17-3-1-2-15(10-17)20(23,24)25/h1-5,10-11,13H,6-9,12H2,(H,26,28). The highest BCUT2D eigenvalue weighted by molar-refractivity contribution is 7.88. The Hall–Kier alpha value is -1.81. The van der Waals surface area contributed by atoms with Crippen LogP contribution in [0.1, 0.15) is 24.0 Å². The van der Waals surface area contributed by atoms with Gasteiger partial charge in [-0.2, -0.15) is 13.2 Å². The molecule has 0 radical (unpaired) electrons. The number of nitrogens with zero attached hydrogens (tertiary/aromatic N) is 1. The minimum absolute atomic E-state index is 0.0484. The molecule has 31 heavy (non-hydrogen) atoms. The van der Waals surface area contributed by atoms with Crippen molar-refractivity contribution < 1.29 is 26.4 Å². The molecule has 168 valence electrons. The molecular formula is C20H19Cl2F3N2O3S. The fraction of sp³-hybridized carbons (Fsp3) is 0.350. The van der Waals surface area contributed by atoms with E-state index in [1.165, 1.54) is 22.5 Å². The first-order chi connectivity index (χ1) is 14.5. The Morgan fingerprint density at radius 1 is 1.10 bits per heavy atom. The van der Waals surface area contributed by atoms with E-state index in [9.17, 15) is 26.4 Å². The summed E-state index contributed by atoms with van der Waals surface area (Å²) in [6.45, 7) is 0.266. The number of carbonyl (C=O) groups excluding carboxylic acids is 1. The van der Waals surface area contributed by atoms with E-state index in [1.807, 2.05) is 0 Å². The molecule has 11 heteroatoms. The minimum Gasteiger partial charge on any atom is -0.326 e. The van der Waals surface area contributed by atoms with Crippen LogP contribution in [0.3, 0.4) is 0 Å². The van der Waals surface area contributed by atoms with Crippen molar-refractivity contribution in [2.24, 2.45) is 5.92 Å². The molecule has 3 rings (SSSR count). The van der Waals surface area contributed by atoms with Gasteiger partial charge in [0.05, 0.1) is 11.3 Å². The minimum atomic E-state index is -4.51. The molecule has 1 amide bonds. The second-order valence-corrected chi connectivity index (χ2v) is 10.0. The zero-order valence-corrected chi connectivity index (χ0v) is 18.5. The smallest absolute Gasteiger partial charge is 0.326 e. The molecule has 1 aliphatic rings. The Morgan fingerprint density at radius 3 is 2.39 bits per heavy atom. The molecule has 1 aliphatic heterocycles. The van der Waals surface area contributed by atoms with Gasteiger partial charge in [-0.25, -0.2) is 12.7 Å². The molecule has 1 N–H and O–H groups in total. The summed E-state index contributed by atoms with van der Waals surface area (Å²) in [6, 6.07) is 8.97. The Balaban J connectivity index is 1.59. The first-order valence-electron chi connectivity index (χ1n) is 9.35. The van der Waals surface area contributed by atoms with Gasteiger partial charge in [-0.05, 0) is 48.7 Å². The lowest BCUT2D eigenvalue weighted by molar-refractivity contribution is -0.137. The summed E-state index contributed by atoms with van der Waals surface area (Å²) < 4.78 is 65.2. The topological polar surface area (TPSA) is 66.5 Å². The molecule has 0 bridgehead atoms. The van der Waals surface area contributed by atoms with Crippen LogP contribution in [0, 0.1) is 5.92 Å². The maximum absolute atomic E-state index is 12.8. The predicted octanol–water partition coefficient (Wildman–Crippen LogP) is 5.19. The van der Waals surface area contributed by atoms with Gasteiger partial charge in [0.15, 0.2) is 0 Å². The fourth-order valence-electron chi connectivity index (χ4n) is 3.34. The third-order valence-corrected chi connectivity index (χ3v) is 7.44. The summed E-state index contributed by atoms with van der Waals surface area (Å²) in [5, 5.41) is 3.15. The van der Waals surface area contributed by atoms with Crippen molar-refractivity contribution in [1.82, 2.24) is 4.31 Å². The van der Waals surface area contributed by atoms with Crippen molar-refractivity contribution in [3.05, 3.63) is 63.6 Å². The average Bonchev–Trinajstić information content (AvgIpc) is 2.70. The SMILES string of the molecule is O=C(Nc1cccc(C(F)(F)F)c1)C1CCN(S(=O)(=O)Cc2ccc(Cl)cc2Cl)CC1. The second-order valence-electron chi connectivity index (χ2n) is 7.23. The van der Waals surface area contributed by atoms with Crippen molar-refractivity contribution in [3.63, 3.8) is 0 Å². The van der Waals surface area contributed by atoms with Crippen LogP contribution in [0.5, 0.6) is 0 Å². The first-order valence-corrected chi connectivity index (χ1v) is 11.7. The molecule has 2 aromatic carbocycles. The summed E-state index contributed by atoms with van der Waals surface area (Å²) in [5.41, 5.74) is -0.380. The number of benzene rings is 2. The number of anilines is 1. The van der Waals surface area contributed by atoms with Crippen LogP contribution in [0.15, 0.2) is 42.5 Å². The molecule has 1 heterocycles. The van der Waals surface area contributed by atoms with Crippen LogP contribution < -0.4 is 5.32 Å². The highest BCUT2D eigenvalue weighted by Crippen LogP contribution is 2.31. The van der Waals surface area contributed by atoms with Crippen LogP contribution in [-0.2, 0) is 26.7 Å². The van der Waals surface area contributed by atoms with Gasteiger partial charge in [0.2, 0.25) is 15.9 Å². The second kappa shape index (κ2) is 9.36. The van der Waals surface area contributed by atoms with E-state index in [0.29, 0.717) is 10.6 Å². The molecular weight excluding hydrogens is 476 g/mol. The van der Waals surface area contributed by atoms with E-state index in [0.717, 1.165) is 12.1 Å². The summed E-state index contributed by atoms with van der Waals surface area (Å²) in [7, 11) is -3.65. The van der Waals surface area contributed by atoms with Gasteiger partial charge >= 0.3 is 6.18 Å². The maximum atomic E-state index is 12.8. The van der Waals surface area contributed by atoms with Crippen molar-refractivity contribution >= 4 is 44.8 Å². The number of piperidine rings is 1. The van der Waals surface area contributed by atoms with E-state index in [4.69, 9.17) is 23.2 Å². The number of halogens is 5. The van der Waals surface area contributed by atoms with Crippen LogP contribution >= 0.6 is 23.2 Å². The molecule has 1 fully saturated rings. The molecule has 2 aromatic rings. The number of nitrogens with one attached hydrogen (secondary N) is 1. The first kappa shape index (κ1) is 23.8. The molecule has 0 atom stereocenters. The predicted molar refractivity (Wildman–Crippen MR) is 113 cm³/mol. The lowest BCUT2D eigenvalue weighted by Crippen LogP contribution is -2.41. The number of rotatable bonds is 5. The lowest BCUT2D eigenvalue weighted by atomic mass is 9.97. The number of alkyl halides is 3. The van der Waals surface area contributed by atoms with Gasteiger partial charge in [0, 0.05) is 34.7 Å². The number of hydrogen-bond donors (Lipinski definition) is 1. The summed E-state index contributed by atoms with van der Waals surface area (Å²) >= 11 is 11.9. The zero-order chi connectivity index (χ0) is 22.8. The Morgan fingerprint density at radius 2 is 1.77 bits per heavy atom. The molecule has 1 saturated heterocycles. The van der Waals surface area contributed by atoms with Gasteiger partial charge in [-0.3, -0.25) is 4.79 Å². The van der Waals surface area contributed by atoms with E-state index in [1.54, 1.807) is 12.1 Å². The Kier molecular flexibility index (Phi) is 7.20. The lowest BCUT2D eigenvalue weighted by Gasteiger charge is -2.30. The fourth-order valence-corrected chi connectivity index (χ4v) is 5.49. The summed E-state index contributed by atoms with van der Waals surface area (Å²) in [6.07, 6.45) is -3.98. The monoisotopic (exact) mass is 494 g/mol. The van der Waals surface area contributed by atoms with Gasteiger partial charge in [0.1, 0.15) is 0 Å². The summed E-state index contributed by atoms with van der Waals surface area (Å²) in [5.74, 6) is -1.22. The van der Waals surface area contributed by atoms with Crippen LogP contribution in [0.4, 0.5) is 18.9 Å². The maximum Gasteiger partial charge on any atom is 0.416 e. The third-order valence-electron chi connectivity index (χ3n) is 5.03. The highest BCUT2D eigenvalue weighted by atomic mass is 35.5. The Bertz CT molecular complexity index is 1070.